The van der Waals surface area contributed by atoms with Gasteiger partial charge in [-0.2, -0.15) is 0 Å². The number of aromatic hydroxyl groups is 1. The monoisotopic (exact) mass is 326 g/mol. The van der Waals surface area contributed by atoms with Crippen molar-refractivity contribution in [2.45, 2.75) is 57.5 Å². The van der Waals surface area contributed by atoms with Crippen LogP contribution in [0.25, 0.3) is 0 Å². The third-order valence-electron chi connectivity index (χ3n) is 4.12. The number of phenolic OH excluding ortho intramolecular Hbond substituents is 1. The zero-order valence-corrected chi connectivity index (χ0v) is 12.9. The Morgan fingerprint density at radius 1 is 1.21 bits per heavy atom. The van der Waals surface area contributed by atoms with Crippen molar-refractivity contribution < 1.29 is 10.2 Å². The highest BCUT2D eigenvalue weighted by Crippen LogP contribution is 2.29. The Morgan fingerprint density at radius 2 is 1.95 bits per heavy atom. The molecule has 1 aliphatic rings. The van der Waals surface area contributed by atoms with E-state index in [1.807, 2.05) is 12.1 Å². The van der Waals surface area contributed by atoms with Crippen LogP contribution in [-0.2, 0) is 6.42 Å². The smallest absolute Gasteiger partial charge is 0.118 e. The molecule has 0 aliphatic heterocycles. The van der Waals surface area contributed by atoms with Crippen molar-refractivity contribution in [3.8, 4) is 5.75 Å². The normalized spacial score (nSPS) is 18.4. The fourth-order valence-electron chi connectivity index (χ4n) is 3.00. The lowest BCUT2D eigenvalue weighted by Crippen LogP contribution is -2.16. The van der Waals surface area contributed by atoms with Gasteiger partial charge in [-0.1, -0.05) is 48.0 Å². The molecule has 106 valence electrons. The molecule has 1 aliphatic carbocycles. The molecule has 1 fully saturated rings. The van der Waals surface area contributed by atoms with Gasteiger partial charge in [-0.3, -0.25) is 0 Å². The maximum atomic E-state index is 10.1. The Bertz CT molecular complexity index is 400. The van der Waals surface area contributed by atoms with Crippen molar-refractivity contribution in [3.63, 3.8) is 0 Å². The molecule has 0 amide bonds. The molecular formula is C16H23BrO2. The van der Waals surface area contributed by atoms with Gasteiger partial charge in [0, 0.05) is 4.47 Å². The quantitative estimate of drug-likeness (QED) is 0.840. The van der Waals surface area contributed by atoms with Crippen molar-refractivity contribution in [1.82, 2.24) is 0 Å². The molecule has 0 aromatic heterocycles. The topological polar surface area (TPSA) is 40.5 Å². The first-order valence-corrected chi connectivity index (χ1v) is 8.10. The Kier molecular flexibility index (Phi) is 5.71. The minimum atomic E-state index is -0.235. The molecule has 19 heavy (non-hydrogen) atoms. The highest BCUT2D eigenvalue weighted by molar-refractivity contribution is 9.10. The number of rotatable bonds is 5. The lowest BCUT2D eigenvalue weighted by Gasteiger charge is -2.24. The number of aryl methyl sites for hydroxylation is 1. The van der Waals surface area contributed by atoms with Crippen LogP contribution in [0.3, 0.4) is 0 Å². The molecule has 0 spiro atoms. The molecule has 0 bridgehead atoms. The average Bonchev–Trinajstić information content (AvgIpc) is 2.41. The Labute approximate surface area is 124 Å². The minimum Gasteiger partial charge on any atom is -0.508 e. The van der Waals surface area contributed by atoms with Crippen LogP contribution in [0.1, 0.15) is 50.5 Å². The van der Waals surface area contributed by atoms with E-state index in [9.17, 15) is 10.2 Å². The fraction of sp³-hybridized carbons (Fsp3) is 0.625. The van der Waals surface area contributed by atoms with E-state index in [1.54, 1.807) is 6.07 Å². The van der Waals surface area contributed by atoms with Crippen molar-refractivity contribution in [3.05, 3.63) is 28.2 Å². The predicted octanol–water partition coefficient (Wildman–Crippen LogP) is 4.42. The van der Waals surface area contributed by atoms with Gasteiger partial charge < -0.3 is 10.2 Å². The lowest BCUT2D eigenvalue weighted by atomic mass is 9.84. The minimum absolute atomic E-state index is 0.235. The summed E-state index contributed by atoms with van der Waals surface area (Å²) in [5, 5.41) is 19.9. The van der Waals surface area contributed by atoms with E-state index in [2.05, 4.69) is 15.9 Å². The van der Waals surface area contributed by atoms with Gasteiger partial charge in [0.15, 0.2) is 0 Å². The van der Waals surface area contributed by atoms with Gasteiger partial charge in [0.2, 0.25) is 0 Å². The zero-order valence-electron chi connectivity index (χ0n) is 11.3. The number of hydrogen-bond donors (Lipinski definition) is 2. The van der Waals surface area contributed by atoms with Crippen molar-refractivity contribution in [2.75, 3.05) is 0 Å². The van der Waals surface area contributed by atoms with Gasteiger partial charge in [0.05, 0.1) is 6.10 Å². The molecule has 1 saturated carbocycles. The summed E-state index contributed by atoms with van der Waals surface area (Å²) in [7, 11) is 0. The summed E-state index contributed by atoms with van der Waals surface area (Å²) in [6.45, 7) is 0. The molecular weight excluding hydrogens is 304 g/mol. The van der Waals surface area contributed by atoms with Crippen LogP contribution in [0.15, 0.2) is 22.7 Å². The molecule has 2 N–H and O–H groups in total. The molecule has 1 unspecified atom stereocenters. The van der Waals surface area contributed by atoms with Gasteiger partial charge in [-0.25, -0.2) is 0 Å². The van der Waals surface area contributed by atoms with Gasteiger partial charge in [0.25, 0.3) is 0 Å². The molecule has 0 saturated heterocycles. The van der Waals surface area contributed by atoms with Crippen molar-refractivity contribution in [1.29, 1.82) is 0 Å². The first kappa shape index (κ1) is 14.9. The third kappa shape index (κ3) is 4.81. The first-order valence-electron chi connectivity index (χ1n) is 7.30. The predicted molar refractivity (Wildman–Crippen MR) is 81.3 cm³/mol. The van der Waals surface area contributed by atoms with Gasteiger partial charge >= 0.3 is 0 Å². The highest BCUT2D eigenvalue weighted by Gasteiger charge is 2.17. The van der Waals surface area contributed by atoms with Crippen LogP contribution in [0.5, 0.6) is 5.75 Å². The summed E-state index contributed by atoms with van der Waals surface area (Å²) in [5.41, 5.74) is 0.914. The van der Waals surface area contributed by atoms with Crippen LogP contribution in [-0.4, -0.2) is 16.3 Å². The van der Waals surface area contributed by atoms with E-state index in [0.717, 1.165) is 29.3 Å². The summed E-state index contributed by atoms with van der Waals surface area (Å²) in [5.74, 6) is 1.04. The molecule has 0 heterocycles. The average molecular weight is 327 g/mol. The molecule has 0 radical (unpaired) electrons. The van der Waals surface area contributed by atoms with Crippen molar-refractivity contribution >= 4 is 15.9 Å². The summed E-state index contributed by atoms with van der Waals surface area (Å²) in [4.78, 5) is 0. The second kappa shape index (κ2) is 7.30. The van der Waals surface area contributed by atoms with E-state index < -0.39 is 0 Å². The number of hydrogen-bond acceptors (Lipinski definition) is 2. The standard InChI is InChI=1S/C16H23BrO2/c17-14-7-9-16(19)13(11-14)6-8-15(18)10-12-4-2-1-3-5-12/h7,9,11-12,15,18-19H,1-6,8,10H2. The second-order valence-electron chi connectivity index (χ2n) is 5.71. The Balaban J connectivity index is 1.79. The summed E-state index contributed by atoms with van der Waals surface area (Å²) in [6.07, 6.45) is 8.72. The Morgan fingerprint density at radius 3 is 2.68 bits per heavy atom. The van der Waals surface area contributed by atoms with E-state index >= 15 is 0 Å². The summed E-state index contributed by atoms with van der Waals surface area (Å²) < 4.78 is 0.974. The van der Waals surface area contributed by atoms with E-state index in [4.69, 9.17) is 0 Å². The van der Waals surface area contributed by atoms with E-state index in [1.165, 1.54) is 32.1 Å². The van der Waals surface area contributed by atoms with E-state index in [0.29, 0.717) is 11.7 Å². The summed E-state index contributed by atoms with van der Waals surface area (Å²) in [6, 6.07) is 5.47. The number of benzene rings is 1. The Hall–Kier alpha value is -0.540. The van der Waals surface area contributed by atoms with Crippen LogP contribution < -0.4 is 0 Å². The van der Waals surface area contributed by atoms with Crippen molar-refractivity contribution in [2.24, 2.45) is 5.92 Å². The zero-order chi connectivity index (χ0) is 13.7. The third-order valence-corrected chi connectivity index (χ3v) is 4.61. The highest BCUT2D eigenvalue weighted by atomic mass is 79.9. The molecule has 1 atom stereocenters. The van der Waals surface area contributed by atoms with Crippen LogP contribution in [0.4, 0.5) is 0 Å². The lowest BCUT2D eigenvalue weighted by molar-refractivity contribution is 0.122. The van der Waals surface area contributed by atoms with Crippen LogP contribution in [0, 0.1) is 5.92 Å². The largest absolute Gasteiger partial charge is 0.508 e. The number of aliphatic hydroxyl groups is 1. The van der Waals surface area contributed by atoms with Gasteiger partial charge in [0.1, 0.15) is 5.75 Å². The van der Waals surface area contributed by atoms with Gasteiger partial charge in [-0.15, -0.1) is 0 Å². The molecule has 1 aromatic rings. The molecule has 3 heteroatoms. The number of aliphatic hydroxyl groups excluding tert-OH is 1. The molecule has 2 rings (SSSR count). The molecule has 2 nitrogen and oxygen atoms in total. The van der Waals surface area contributed by atoms with E-state index in [-0.39, 0.29) is 6.10 Å². The maximum Gasteiger partial charge on any atom is 0.118 e. The number of halogens is 1. The van der Waals surface area contributed by atoms with Crippen LogP contribution in [0.2, 0.25) is 0 Å². The second-order valence-corrected chi connectivity index (χ2v) is 6.62. The summed E-state index contributed by atoms with van der Waals surface area (Å²) >= 11 is 3.41. The maximum absolute atomic E-state index is 10.1. The fourth-order valence-corrected chi connectivity index (χ4v) is 3.41. The molecule has 1 aromatic carbocycles. The SMILES string of the molecule is Oc1ccc(Br)cc1CCC(O)CC1CCCCC1. The van der Waals surface area contributed by atoms with Crippen LogP contribution >= 0.6 is 15.9 Å². The van der Waals surface area contributed by atoms with Gasteiger partial charge in [-0.05, 0) is 48.9 Å². The number of phenols is 1. The first-order chi connectivity index (χ1) is 9.15.